The SMILES string of the molecule is CC(C)(C)c1ccc2c(c1)c1cc(C(C)(C)C)cc3c1n2B1c2cccc4c2N(c2ccccc2C4(c2ccccc2)c2ccccc2)c2cc4c(sc5ccccc54)c-3c21. The lowest BCUT2D eigenvalue weighted by Crippen LogP contribution is -2.58. The number of hydrogen-bond donors (Lipinski definition) is 0. The van der Waals surface area contributed by atoms with Gasteiger partial charge in [0, 0.05) is 64.5 Å². The van der Waals surface area contributed by atoms with Crippen LogP contribution in [0.2, 0.25) is 0 Å². The fraction of sp³-hybridized carbons (Fsp3) is 0.158. The van der Waals surface area contributed by atoms with Crippen molar-refractivity contribution >= 4 is 88.2 Å². The Balaban J connectivity index is 1.27. The van der Waals surface area contributed by atoms with E-state index in [0.29, 0.717) is 0 Å². The van der Waals surface area contributed by atoms with Gasteiger partial charge in [-0.25, -0.2) is 0 Å². The molecule has 10 aromatic rings. The van der Waals surface area contributed by atoms with Crippen molar-refractivity contribution in [3.63, 3.8) is 0 Å². The van der Waals surface area contributed by atoms with Crippen LogP contribution in [-0.2, 0) is 16.2 Å². The monoisotopic (exact) mass is 800 g/mol. The average molecular weight is 801 g/mol. The van der Waals surface area contributed by atoms with E-state index in [4.69, 9.17) is 0 Å². The average Bonchev–Trinajstić information content (AvgIpc) is 3.81. The normalized spacial score (nSPS) is 14.8. The number of nitrogens with zero attached hydrogens (tertiary/aromatic N) is 2. The Hall–Kier alpha value is -6.36. The van der Waals surface area contributed by atoms with Crippen LogP contribution < -0.4 is 15.8 Å². The maximum atomic E-state index is 2.75. The summed E-state index contributed by atoms with van der Waals surface area (Å²) in [6, 6.07) is 63.0. The zero-order valence-electron chi connectivity index (χ0n) is 35.5. The van der Waals surface area contributed by atoms with E-state index in [9.17, 15) is 0 Å². The molecule has 4 heteroatoms. The number of anilines is 3. The molecule has 8 aromatic carbocycles. The number of thiophene rings is 1. The molecular weight excluding hydrogens is 756 g/mol. The summed E-state index contributed by atoms with van der Waals surface area (Å²) < 4.78 is 5.47. The lowest BCUT2D eigenvalue weighted by Gasteiger charge is -2.50. The summed E-state index contributed by atoms with van der Waals surface area (Å²) in [4.78, 5) is 2.67. The minimum absolute atomic E-state index is 0.0159. The van der Waals surface area contributed by atoms with E-state index in [1.807, 2.05) is 11.3 Å². The maximum Gasteiger partial charge on any atom is 0.333 e. The lowest BCUT2D eigenvalue weighted by molar-refractivity contribution is 0.590. The Bertz CT molecular complexity index is 3470. The molecule has 13 rings (SSSR count). The predicted octanol–water partition coefficient (Wildman–Crippen LogP) is 13.9. The molecule has 2 nitrogen and oxygen atoms in total. The zero-order chi connectivity index (χ0) is 41.2. The van der Waals surface area contributed by atoms with Gasteiger partial charge in [0.1, 0.15) is 0 Å². The molecule has 0 bridgehead atoms. The molecule has 0 radical (unpaired) electrons. The van der Waals surface area contributed by atoms with Gasteiger partial charge in [-0.15, -0.1) is 11.3 Å². The molecule has 292 valence electrons. The molecule has 0 amide bonds. The van der Waals surface area contributed by atoms with E-state index >= 15 is 0 Å². The first kappa shape index (κ1) is 35.4. The Labute approximate surface area is 361 Å². The quantitative estimate of drug-likeness (QED) is 0.158. The smallest absolute Gasteiger partial charge is 0.333 e. The zero-order valence-corrected chi connectivity index (χ0v) is 36.3. The van der Waals surface area contributed by atoms with E-state index in [-0.39, 0.29) is 17.7 Å². The van der Waals surface area contributed by atoms with Crippen LogP contribution in [0.25, 0.3) is 53.1 Å². The third-order valence-corrected chi connectivity index (χ3v) is 15.5. The number of para-hydroxylation sites is 2. The molecule has 5 heterocycles. The second-order valence-electron chi connectivity index (χ2n) is 19.7. The fourth-order valence-corrected chi connectivity index (χ4v) is 12.8. The summed E-state index contributed by atoms with van der Waals surface area (Å²) in [5.74, 6) is 0. The lowest BCUT2D eigenvalue weighted by atomic mass is 9.43. The van der Waals surface area contributed by atoms with Gasteiger partial charge in [-0.1, -0.05) is 163 Å². The number of hydrogen-bond acceptors (Lipinski definition) is 2. The highest BCUT2D eigenvalue weighted by molar-refractivity contribution is 7.26. The van der Waals surface area contributed by atoms with Gasteiger partial charge in [0.05, 0.1) is 11.1 Å². The first-order valence-corrected chi connectivity index (χ1v) is 22.6. The minimum Gasteiger partial charge on any atom is -0.375 e. The Morgan fingerprint density at radius 3 is 1.92 bits per heavy atom. The van der Waals surface area contributed by atoms with Crippen molar-refractivity contribution in [3.05, 3.63) is 197 Å². The van der Waals surface area contributed by atoms with Crippen LogP contribution >= 0.6 is 11.3 Å². The third kappa shape index (κ3) is 4.48. The first-order valence-electron chi connectivity index (χ1n) is 21.8. The highest BCUT2D eigenvalue weighted by Gasteiger charge is 2.52. The number of aromatic nitrogens is 1. The van der Waals surface area contributed by atoms with E-state index in [1.54, 1.807) is 0 Å². The molecule has 0 atom stereocenters. The van der Waals surface area contributed by atoms with E-state index in [0.717, 1.165) is 0 Å². The van der Waals surface area contributed by atoms with Gasteiger partial charge in [0.2, 0.25) is 0 Å². The van der Waals surface area contributed by atoms with Crippen molar-refractivity contribution in [2.75, 3.05) is 4.90 Å². The van der Waals surface area contributed by atoms with Crippen LogP contribution in [0.15, 0.2) is 164 Å². The Morgan fingerprint density at radius 2 is 1.18 bits per heavy atom. The van der Waals surface area contributed by atoms with Gasteiger partial charge in [-0.3, -0.25) is 0 Å². The van der Waals surface area contributed by atoms with Crippen molar-refractivity contribution in [2.24, 2.45) is 0 Å². The second kappa shape index (κ2) is 11.9. The van der Waals surface area contributed by atoms with Gasteiger partial charge in [0.25, 0.3) is 0 Å². The Kier molecular flexibility index (Phi) is 6.92. The van der Waals surface area contributed by atoms with Crippen molar-refractivity contribution in [1.29, 1.82) is 0 Å². The summed E-state index contributed by atoms with van der Waals surface area (Å²) in [7, 11) is 0. The molecule has 0 unspecified atom stereocenters. The van der Waals surface area contributed by atoms with Crippen LogP contribution in [0.3, 0.4) is 0 Å². The van der Waals surface area contributed by atoms with Crippen molar-refractivity contribution in [1.82, 2.24) is 4.48 Å². The summed E-state index contributed by atoms with van der Waals surface area (Å²) in [5.41, 5.74) is 19.3. The molecular formula is C57H45BN2S. The van der Waals surface area contributed by atoms with Gasteiger partial charge < -0.3 is 9.38 Å². The van der Waals surface area contributed by atoms with Gasteiger partial charge in [-0.05, 0) is 97.6 Å². The molecule has 2 aromatic heterocycles. The predicted molar refractivity (Wildman–Crippen MR) is 262 cm³/mol. The second-order valence-corrected chi connectivity index (χ2v) is 20.7. The van der Waals surface area contributed by atoms with Crippen molar-refractivity contribution in [3.8, 4) is 11.1 Å². The first-order chi connectivity index (χ1) is 29.5. The topological polar surface area (TPSA) is 8.17 Å². The van der Waals surface area contributed by atoms with E-state index in [2.05, 4.69) is 215 Å². The maximum absolute atomic E-state index is 2.75. The van der Waals surface area contributed by atoms with Crippen LogP contribution in [0, 0.1) is 0 Å². The summed E-state index contributed by atoms with van der Waals surface area (Å²) >= 11 is 1.97. The van der Waals surface area contributed by atoms with Gasteiger partial charge in [0.15, 0.2) is 0 Å². The highest BCUT2D eigenvalue weighted by atomic mass is 32.1. The van der Waals surface area contributed by atoms with Gasteiger partial charge in [-0.2, -0.15) is 0 Å². The van der Waals surface area contributed by atoms with Crippen LogP contribution in [-0.4, -0.2) is 11.3 Å². The standard InChI is InChI=1S/C57H45BN2S/c1-55(2,3)36-28-29-46-39(30-36)40-31-37(56(4,5)6)32-42-50-51-48(33-41-38-22-13-16-27-49(38)61-54(41)50)59-47-26-15-14-23-43(47)57(34-18-9-7-10-19-34,35-20-11-8-12-21-35)44-24-17-25-45(53(44)59)58(51)60(46)52(40)42/h7-33H,1-6H3. The summed E-state index contributed by atoms with van der Waals surface area (Å²) in [5, 5.41) is 5.37. The summed E-state index contributed by atoms with van der Waals surface area (Å²) in [6.07, 6.45) is 0. The molecule has 0 spiro atoms. The molecule has 0 saturated heterocycles. The largest absolute Gasteiger partial charge is 0.375 e. The molecule has 3 aliphatic rings. The van der Waals surface area contributed by atoms with Crippen molar-refractivity contribution < 1.29 is 0 Å². The molecule has 0 saturated carbocycles. The van der Waals surface area contributed by atoms with Crippen LogP contribution in [0.1, 0.15) is 74.9 Å². The molecule has 61 heavy (non-hydrogen) atoms. The van der Waals surface area contributed by atoms with Gasteiger partial charge >= 0.3 is 6.85 Å². The fourth-order valence-electron chi connectivity index (χ4n) is 11.6. The molecule has 0 aliphatic carbocycles. The van der Waals surface area contributed by atoms with Crippen molar-refractivity contribution in [2.45, 2.75) is 57.8 Å². The number of benzene rings is 8. The molecule has 0 N–H and O–H groups in total. The molecule has 3 aliphatic heterocycles. The number of rotatable bonds is 2. The Morgan fingerprint density at radius 1 is 0.525 bits per heavy atom. The van der Waals surface area contributed by atoms with E-state index in [1.165, 1.54) is 114 Å². The van der Waals surface area contributed by atoms with Crippen LogP contribution in [0.4, 0.5) is 17.1 Å². The molecule has 0 fully saturated rings. The minimum atomic E-state index is -0.551. The van der Waals surface area contributed by atoms with Crippen LogP contribution in [0.5, 0.6) is 0 Å². The highest BCUT2D eigenvalue weighted by Crippen LogP contribution is 2.60. The van der Waals surface area contributed by atoms with E-state index < -0.39 is 5.41 Å². The number of fused-ring (bicyclic) bond motifs is 13. The third-order valence-electron chi connectivity index (χ3n) is 14.3. The summed E-state index contributed by atoms with van der Waals surface area (Å²) in [6.45, 7) is 14.1.